The summed E-state index contributed by atoms with van der Waals surface area (Å²) in [6.07, 6.45) is 0. The molecule has 0 bridgehead atoms. The fraction of sp³-hybridized carbons (Fsp3) is 0.125. The number of ketones is 1. The Bertz CT molecular complexity index is 766. The SMILES string of the molecule is COc1c(Br)cc(CN2C(=O)C(=O)c3ccccc32)cc1Br. The van der Waals surface area contributed by atoms with Gasteiger partial charge in [-0.3, -0.25) is 9.59 Å². The summed E-state index contributed by atoms with van der Waals surface area (Å²) in [5, 5.41) is 0. The van der Waals surface area contributed by atoms with Gasteiger partial charge in [-0.05, 0) is 61.7 Å². The predicted molar refractivity (Wildman–Crippen MR) is 90.4 cm³/mol. The number of para-hydroxylation sites is 1. The lowest BCUT2D eigenvalue weighted by Crippen LogP contribution is -2.29. The van der Waals surface area contributed by atoms with Gasteiger partial charge in [-0.2, -0.15) is 0 Å². The van der Waals surface area contributed by atoms with Crippen LogP contribution < -0.4 is 9.64 Å². The van der Waals surface area contributed by atoms with Crippen LogP contribution in [0.2, 0.25) is 0 Å². The molecule has 4 nitrogen and oxygen atoms in total. The number of anilines is 1. The van der Waals surface area contributed by atoms with Crippen LogP contribution in [0.25, 0.3) is 0 Å². The van der Waals surface area contributed by atoms with Gasteiger partial charge in [0.2, 0.25) is 0 Å². The number of benzene rings is 2. The van der Waals surface area contributed by atoms with E-state index in [-0.39, 0.29) is 0 Å². The molecule has 0 aliphatic carbocycles. The molecule has 0 atom stereocenters. The molecule has 22 heavy (non-hydrogen) atoms. The number of hydrogen-bond donors (Lipinski definition) is 0. The molecule has 3 rings (SSSR count). The average Bonchev–Trinajstić information content (AvgIpc) is 2.73. The van der Waals surface area contributed by atoms with Crippen LogP contribution in [-0.2, 0) is 11.3 Å². The second-order valence-electron chi connectivity index (χ2n) is 4.83. The van der Waals surface area contributed by atoms with Crippen LogP contribution in [0.15, 0.2) is 45.3 Å². The molecule has 2 aromatic carbocycles. The van der Waals surface area contributed by atoms with Crippen molar-refractivity contribution in [2.24, 2.45) is 0 Å². The van der Waals surface area contributed by atoms with Gasteiger partial charge in [0.05, 0.1) is 33.9 Å². The Balaban J connectivity index is 1.97. The third-order valence-electron chi connectivity index (χ3n) is 3.48. The fourth-order valence-corrected chi connectivity index (χ4v) is 4.09. The smallest absolute Gasteiger partial charge is 0.299 e. The molecule has 0 radical (unpaired) electrons. The topological polar surface area (TPSA) is 46.6 Å². The molecule has 112 valence electrons. The summed E-state index contributed by atoms with van der Waals surface area (Å²) in [5.74, 6) is -0.264. The minimum Gasteiger partial charge on any atom is -0.494 e. The number of carbonyl (C=O) groups excluding carboxylic acids is 2. The Morgan fingerprint density at radius 1 is 1.09 bits per heavy atom. The number of rotatable bonds is 3. The number of carbonyl (C=O) groups is 2. The highest BCUT2D eigenvalue weighted by Gasteiger charge is 2.35. The second kappa shape index (κ2) is 5.85. The molecule has 1 heterocycles. The van der Waals surface area contributed by atoms with Gasteiger partial charge in [-0.1, -0.05) is 12.1 Å². The molecule has 1 amide bonds. The minimum atomic E-state index is -0.496. The number of amides is 1. The third-order valence-corrected chi connectivity index (χ3v) is 4.66. The largest absolute Gasteiger partial charge is 0.494 e. The Hall–Kier alpha value is -1.66. The van der Waals surface area contributed by atoms with Crippen molar-refractivity contribution in [1.29, 1.82) is 0 Å². The van der Waals surface area contributed by atoms with E-state index >= 15 is 0 Å². The summed E-state index contributed by atoms with van der Waals surface area (Å²) in [7, 11) is 1.59. The number of ether oxygens (including phenoxy) is 1. The van der Waals surface area contributed by atoms with Gasteiger partial charge in [-0.15, -0.1) is 0 Å². The fourth-order valence-electron chi connectivity index (χ4n) is 2.49. The Labute approximate surface area is 144 Å². The summed E-state index contributed by atoms with van der Waals surface area (Å²) in [6, 6.07) is 10.8. The van der Waals surface area contributed by atoms with Crippen LogP contribution in [-0.4, -0.2) is 18.8 Å². The van der Waals surface area contributed by atoms with Gasteiger partial charge >= 0.3 is 0 Å². The highest BCUT2D eigenvalue weighted by atomic mass is 79.9. The van der Waals surface area contributed by atoms with Crippen LogP contribution in [0.3, 0.4) is 0 Å². The van der Waals surface area contributed by atoms with Crippen LogP contribution in [0.5, 0.6) is 5.75 Å². The van der Waals surface area contributed by atoms with E-state index in [9.17, 15) is 9.59 Å². The Morgan fingerprint density at radius 2 is 1.73 bits per heavy atom. The lowest BCUT2D eigenvalue weighted by molar-refractivity contribution is -0.114. The maximum absolute atomic E-state index is 12.2. The molecule has 6 heteroatoms. The molecule has 0 N–H and O–H groups in total. The Morgan fingerprint density at radius 3 is 2.36 bits per heavy atom. The number of nitrogens with zero attached hydrogens (tertiary/aromatic N) is 1. The van der Waals surface area contributed by atoms with Crippen molar-refractivity contribution in [1.82, 2.24) is 0 Å². The van der Waals surface area contributed by atoms with Crippen molar-refractivity contribution in [3.63, 3.8) is 0 Å². The van der Waals surface area contributed by atoms with Gasteiger partial charge in [0.1, 0.15) is 5.75 Å². The molecule has 0 spiro atoms. The Kier molecular flexibility index (Phi) is 4.06. The predicted octanol–water partition coefficient (Wildman–Crippen LogP) is 3.95. The van der Waals surface area contributed by atoms with E-state index in [0.717, 1.165) is 14.5 Å². The molecule has 1 aliphatic rings. The average molecular weight is 425 g/mol. The van der Waals surface area contributed by atoms with Crippen molar-refractivity contribution in [2.75, 3.05) is 12.0 Å². The van der Waals surface area contributed by atoms with E-state index in [1.807, 2.05) is 18.2 Å². The van der Waals surface area contributed by atoms with Crippen LogP contribution >= 0.6 is 31.9 Å². The molecule has 2 aromatic rings. The lowest BCUT2D eigenvalue weighted by atomic mass is 10.1. The first-order valence-corrected chi connectivity index (χ1v) is 8.08. The van der Waals surface area contributed by atoms with Gasteiger partial charge in [-0.25, -0.2) is 0 Å². The first-order valence-electron chi connectivity index (χ1n) is 6.50. The maximum atomic E-state index is 12.2. The summed E-state index contributed by atoms with van der Waals surface area (Å²) < 4.78 is 6.83. The van der Waals surface area contributed by atoms with Crippen molar-refractivity contribution in [3.05, 3.63) is 56.5 Å². The molecule has 0 saturated heterocycles. The van der Waals surface area contributed by atoms with Gasteiger partial charge in [0.25, 0.3) is 11.7 Å². The van der Waals surface area contributed by atoms with Gasteiger partial charge < -0.3 is 9.64 Å². The zero-order valence-electron chi connectivity index (χ0n) is 11.6. The molecular formula is C16H11Br2NO3. The summed E-state index contributed by atoms with van der Waals surface area (Å²) >= 11 is 6.88. The van der Waals surface area contributed by atoms with Crippen LogP contribution in [0.1, 0.15) is 15.9 Å². The second-order valence-corrected chi connectivity index (χ2v) is 6.54. The monoisotopic (exact) mass is 423 g/mol. The molecule has 0 saturated carbocycles. The standard InChI is InChI=1S/C16H11Br2NO3/c1-22-15-11(17)6-9(7-12(15)18)8-19-13-5-3-2-4-10(13)14(20)16(19)21/h2-7H,8H2,1H3. The van der Waals surface area contributed by atoms with Crippen molar-refractivity contribution < 1.29 is 14.3 Å². The number of fused-ring (bicyclic) bond motifs is 1. The van der Waals surface area contributed by atoms with Crippen molar-refractivity contribution in [2.45, 2.75) is 6.54 Å². The first-order chi connectivity index (χ1) is 10.5. The van der Waals surface area contributed by atoms with Crippen molar-refractivity contribution >= 4 is 49.2 Å². The molecule has 0 aromatic heterocycles. The third kappa shape index (κ3) is 2.46. The summed E-state index contributed by atoms with van der Waals surface area (Å²) in [6.45, 7) is 0.322. The first kappa shape index (κ1) is 15.2. The highest BCUT2D eigenvalue weighted by Crippen LogP contribution is 2.36. The molecule has 0 unspecified atom stereocenters. The van der Waals surface area contributed by atoms with Crippen LogP contribution in [0, 0.1) is 0 Å². The highest BCUT2D eigenvalue weighted by molar-refractivity contribution is 9.11. The zero-order chi connectivity index (χ0) is 15.9. The number of halogens is 2. The van der Waals surface area contributed by atoms with E-state index in [0.29, 0.717) is 23.5 Å². The maximum Gasteiger partial charge on any atom is 0.299 e. The zero-order valence-corrected chi connectivity index (χ0v) is 14.8. The quantitative estimate of drug-likeness (QED) is 0.701. The van der Waals surface area contributed by atoms with E-state index < -0.39 is 11.7 Å². The summed E-state index contributed by atoms with van der Waals surface area (Å²) in [4.78, 5) is 25.7. The number of hydrogen-bond acceptors (Lipinski definition) is 3. The number of methoxy groups -OCH3 is 1. The van der Waals surface area contributed by atoms with Crippen molar-refractivity contribution in [3.8, 4) is 5.75 Å². The molecular weight excluding hydrogens is 414 g/mol. The van der Waals surface area contributed by atoms with E-state index in [2.05, 4.69) is 31.9 Å². The molecule has 1 aliphatic heterocycles. The normalized spacial score (nSPS) is 13.5. The lowest BCUT2D eigenvalue weighted by Gasteiger charge is -2.17. The van der Waals surface area contributed by atoms with Crippen LogP contribution in [0.4, 0.5) is 5.69 Å². The van der Waals surface area contributed by atoms with E-state index in [1.54, 1.807) is 25.3 Å². The minimum absolute atomic E-state index is 0.322. The van der Waals surface area contributed by atoms with Gasteiger partial charge in [0.15, 0.2) is 0 Å². The van der Waals surface area contributed by atoms with Gasteiger partial charge in [0, 0.05) is 0 Å². The summed E-state index contributed by atoms with van der Waals surface area (Å²) in [5.41, 5.74) is 2.00. The van der Waals surface area contributed by atoms with E-state index in [1.165, 1.54) is 4.90 Å². The molecule has 0 fully saturated rings. The number of Topliss-reactive ketones (excluding diaryl/α,β-unsaturated/α-hetero) is 1. The van der Waals surface area contributed by atoms with E-state index in [4.69, 9.17) is 4.74 Å².